The first kappa shape index (κ1) is 18.0. The van der Waals surface area contributed by atoms with Crippen LogP contribution in [0.1, 0.15) is 31.1 Å². The van der Waals surface area contributed by atoms with Crippen molar-refractivity contribution in [2.45, 2.75) is 26.9 Å². The average Bonchev–Trinajstić information content (AvgIpc) is 2.50. The van der Waals surface area contributed by atoms with Gasteiger partial charge in [0.05, 0.1) is 16.1 Å². The first-order valence-electron chi connectivity index (χ1n) is 7.41. The molecule has 0 bridgehead atoms. The molecular weight excluding hydrogens is 374 g/mol. The van der Waals surface area contributed by atoms with E-state index >= 15 is 0 Å². The summed E-state index contributed by atoms with van der Waals surface area (Å²) in [5, 5.41) is 2.65. The number of hydrogen-bond acceptors (Lipinski definition) is 4. The van der Waals surface area contributed by atoms with Gasteiger partial charge in [0.15, 0.2) is 0 Å². The molecule has 2 aromatic carbocycles. The van der Waals surface area contributed by atoms with Crippen LogP contribution in [0.5, 0.6) is 11.5 Å². The molecule has 0 radical (unpaired) electrons. The second kappa shape index (κ2) is 7.97. The molecule has 6 heteroatoms. The van der Waals surface area contributed by atoms with Crippen molar-refractivity contribution in [2.75, 3.05) is 5.32 Å². The lowest BCUT2D eigenvalue weighted by atomic mass is 10.2. The van der Waals surface area contributed by atoms with Crippen LogP contribution >= 0.6 is 15.9 Å². The fraction of sp³-hybridized carbons (Fsp3) is 0.222. The number of ether oxygens (including phenoxy) is 2. The molecule has 0 aliphatic rings. The van der Waals surface area contributed by atoms with Crippen LogP contribution in [0, 0.1) is 0 Å². The highest BCUT2D eigenvalue weighted by Crippen LogP contribution is 2.27. The van der Waals surface area contributed by atoms with Gasteiger partial charge in [-0.15, -0.1) is 0 Å². The molecule has 126 valence electrons. The fourth-order valence-electron chi connectivity index (χ4n) is 1.95. The predicted octanol–water partition coefficient (Wildman–Crippen LogP) is 4.41. The van der Waals surface area contributed by atoms with Crippen molar-refractivity contribution in [1.82, 2.24) is 0 Å². The predicted molar refractivity (Wildman–Crippen MR) is 95.6 cm³/mol. The minimum Gasteiger partial charge on any atom is -0.490 e. The van der Waals surface area contributed by atoms with Gasteiger partial charge in [-0.1, -0.05) is 0 Å². The molecule has 0 spiro atoms. The number of carbonyl (C=O) groups is 2. The maximum absolute atomic E-state index is 12.2. The van der Waals surface area contributed by atoms with Gasteiger partial charge in [0.2, 0.25) is 5.91 Å². The van der Waals surface area contributed by atoms with Crippen LogP contribution < -0.4 is 14.8 Å². The van der Waals surface area contributed by atoms with E-state index in [2.05, 4.69) is 21.2 Å². The van der Waals surface area contributed by atoms with E-state index in [0.717, 1.165) is 0 Å². The molecule has 2 rings (SSSR count). The van der Waals surface area contributed by atoms with Gasteiger partial charge in [0.25, 0.3) is 0 Å². The molecule has 5 nitrogen and oxygen atoms in total. The Bertz CT molecular complexity index is 741. The van der Waals surface area contributed by atoms with Gasteiger partial charge in [0, 0.05) is 12.6 Å². The van der Waals surface area contributed by atoms with Crippen LogP contribution in [0.15, 0.2) is 46.9 Å². The molecule has 0 aliphatic heterocycles. The van der Waals surface area contributed by atoms with E-state index in [1.165, 1.54) is 6.92 Å². The van der Waals surface area contributed by atoms with E-state index in [0.29, 0.717) is 27.2 Å². The summed E-state index contributed by atoms with van der Waals surface area (Å²) < 4.78 is 11.6. The highest BCUT2D eigenvalue weighted by molar-refractivity contribution is 9.10. The van der Waals surface area contributed by atoms with Crippen molar-refractivity contribution in [3.05, 3.63) is 52.5 Å². The number of amides is 1. The Morgan fingerprint density at radius 2 is 1.75 bits per heavy atom. The quantitative estimate of drug-likeness (QED) is 0.605. The van der Waals surface area contributed by atoms with Crippen LogP contribution in [0.25, 0.3) is 0 Å². The summed E-state index contributed by atoms with van der Waals surface area (Å²) in [4.78, 5) is 23.2. The number of nitrogens with one attached hydrogen (secondary N) is 1. The van der Waals surface area contributed by atoms with Gasteiger partial charge in [-0.05, 0) is 72.2 Å². The van der Waals surface area contributed by atoms with Crippen molar-refractivity contribution in [1.29, 1.82) is 0 Å². The van der Waals surface area contributed by atoms with E-state index in [9.17, 15) is 9.59 Å². The fourth-order valence-corrected chi connectivity index (χ4v) is 2.43. The lowest BCUT2D eigenvalue weighted by Gasteiger charge is -2.12. The van der Waals surface area contributed by atoms with E-state index < -0.39 is 5.97 Å². The summed E-state index contributed by atoms with van der Waals surface area (Å²) in [6.07, 6.45) is 0.0428. The third-order valence-electron chi connectivity index (χ3n) is 2.92. The third kappa shape index (κ3) is 5.09. The van der Waals surface area contributed by atoms with E-state index in [1.54, 1.807) is 42.5 Å². The Labute approximate surface area is 149 Å². The van der Waals surface area contributed by atoms with Crippen molar-refractivity contribution in [2.24, 2.45) is 0 Å². The van der Waals surface area contributed by atoms with Gasteiger partial charge in [-0.2, -0.15) is 0 Å². The molecule has 24 heavy (non-hydrogen) atoms. The van der Waals surface area contributed by atoms with Crippen molar-refractivity contribution in [3.8, 4) is 11.5 Å². The molecule has 1 N–H and O–H groups in total. The zero-order valence-electron chi connectivity index (χ0n) is 13.6. The highest BCUT2D eigenvalue weighted by Gasteiger charge is 2.12. The molecule has 2 aromatic rings. The lowest BCUT2D eigenvalue weighted by molar-refractivity contribution is -0.114. The summed E-state index contributed by atoms with van der Waals surface area (Å²) in [6, 6.07) is 11.6. The van der Waals surface area contributed by atoms with E-state index in [4.69, 9.17) is 9.47 Å². The Balaban J connectivity index is 2.06. The third-order valence-corrected chi connectivity index (χ3v) is 3.54. The van der Waals surface area contributed by atoms with Crippen molar-refractivity contribution >= 4 is 33.5 Å². The van der Waals surface area contributed by atoms with Gasteiger partial charge in [0.1, 0.15) is 11.5 Å². The largest absolute Gasteiger partial charge is 0.490 e. The Morgan fingerprint density at radius 3 is 2.29 bits per heavy atom. The molecular formula is C18H18BrNO4. The Hall–Kier alpha value is -2.34. The summed E-state index contributed by atoms with van der Waals surface area (Å²) in [5.74, 6) is 0.432. The van der Waals surface area contributed by atoms with Gasteiger partial charge >= 0.3 is 5.97 Å². The summed E-state index contributed by atoms with van der Waals surface area (Å²) in [5.41, 5.74) is 1.05. The first-order valence-corrected chi connectivity index (χ1v) is 8.20. The first-order chi connectivity index (χ1) is 11.3. The Morgan fingerprint density at radius 1 is 1.08 bits per heavy atom. The van der Waals surface area contributed by atoms with Gasteiger partial charge < -0.3 is 14.8 Å². The molecule has 0 aliphatic carbocycles. The van der Waals surface area contributed by atoms with Gasteiger partial charge in [-0.25, -0.2) is 4.79 Å². The van der Waals surface area contributed by atoms with Crippen LogP contribution in [0.4, 0.5) is 5.69 Å². The lowest BCUT2D eigenvalue weighted by Crippen LogP contribution is -2.10. The SMILES string of the molecule is CC(=O)Nc1ccc(OC(=O)c2ccc(OC(C)C)c(Br)c2)cc1. The number of halogens is 1. The molecule has 0 heterocycles. The second-order valence-corrected chi connectivity index (χ2v) is 6.26. The molecule has 0 aromatic heterocycles. The zero-order chi connectivity index (χ0) is 17.7. The van der Waals surface area contributed by atoms with E-state index in [1.807, 2.05) is 13.8 Å². The smallest absolute Gasteiger partial charge is 0.343 e. The van der Waals surface area contributed by atoms with Crippen LogP contribution in [0.2, 0.25) is 0 Å². The topological polar surface area (TPSA) is 64.6 Å². The number of carbonyl (C=O) groups excluding carboxylic acids is 2. The minimum absolute atomic E-state index is 0.0428. The van der Waals surface area contributed by atoms with Gasteiger partial charge in [-0.3, -0.25) is 4.79 Å². The van der Waals surface area contributed by atoms with Crippen molar-refractivity contribution < 1.29 is 19.1 Å². The monoisotopic (exact) mass is 391 g/mol. The average molecular weight is 392 g/mol. The number of esters is 1. The number of benzene rings is 2. The van der Waals surface area contributed by atoms with Crippen molar-refractivity contribution in [3.63, 3.8) is 0 Å². The molecule has 1 amide bonds. The van der Waals surface area contributed by atoms with Crippen LogP contribution in [0.3, 0.4) is 0 Å². The number of hydrogen-bond donors (Lipinski definition) is 1. The summed E-state index contributed by atoms with van der Waals surface area (Å²) >= 11 is 3.39. The van der Waals surface area contributed by atoms with Crippen LogP contribution in [-0.4, -0.2) is 18.0 Å². The van der Waals surface area contributed by atoms with Crippen LogP contribution in [-0.2, 0) is 4.79 Å². The molecule has 0 unspecified atom stereocenters. The normalized spacial score (nSPS) is 10.4. The Kier molecular flexibility index (Phi) is 5.98. The molecule has 0 saturated heterocycles. The number of anilines is 1. The summed E-state index contributed by atoms with van der Waals surface area (Å²) in [7, 11) is 0. The minimum atomic E-state index is -0.473. The maximum atomic E-state index is 12.2. The summed E-state index contributed by atoms with van der Waals surface area (Å²) in [6.45, 7) is 5.29. The zero-order valence-corrected chi connectivity index (χ0v) is 15.2. The molecule has 0 saturated carbocycles. The standard InChI is InChI=1S/C18H18BrNO4/c1-11(2)23-17-9-4-13(10-16(17)19)18(22)24-15-7-5-14(6-8-15)20-12(3)21/h4-11H,1-3H3,(H,20,21). The van der Waals surface area contributed by atoms with E-state index in [-0.39, 0.29) is 12.0 Å². The molecule has 0 atom stereocenters. The highest BCUT2D eigenvalue weighted by atomic mass is 79.9. The maximum Gasteiger partial charge on any atom is 0.343 e. The second-order valence-electron chi connectivity index (χ2n) is 5.41. The number of rotatable bonds is 5. The molecule has 0 fully saturated rings.